The van der Waals surface area contributed by atoms with Crippen LogP contribution in [0, 0.1) is 23.0 Å². The van der Waals surface area contributed by atoms with E-state index < -0.39 is 29.4 Å². The van der Waals surface area contributed by atoms with E-state index >= 15 is 0 Å². The highest BCUT2D eigenvalue weighted by Crippen LogP contribution is 2.37. The fourth-order valence-corrected chi connectivity index (χ4v) is 2.48. The molecule has 0 aliphatic carbocycles. The molecule has 0 aliphatic heterocycles. The predicted molar refractivity (Wildman–Crippen MR) is 77.4 cm³/mol. The van der Waals surface area contributed by atoms with Gasteiger partial charge in [0.1, 0.15) is 11.6 Å². The van der Waals surface area contributed by atoms with Gasteiger partial charge in [0.15, 0.2) is 0 Å². The number of nitrogens with zero attached hydrogens (tertiary/aromatic N) is 1. The van der Waals surface area contributed by atoms with E-state index in [4.69, 9.17) is 9.15 Å². The number of rotatable bonds is 6. The average Bonchev–Trinajstić information content (AvgIpc) is 3.03. The number of hydrogen-bond donors (Lipinski definition) is 0. The molecule has 23 heavy (non-hydrogen) atoms. The Kier molecular flexibility index (Phi) is 5.47. The number of esters is 1. The molecule has 0 spiro atoms. The molecule has 1 aromatic carbocycles. The van der Waals surface area contributed by atoms with Gasteiger partial charge >= 0.3 is 5.97 Å². The Hall–Kier alpha value is -2.68. The van der Waals surface area contributed by atoms with Crippen molar-refractivity contribution < 1.29 is 22.7 Å². The third-order valence-electron chi connectivity index (χ3n) is 3.54. The van der Waals surface area contributed by atoms with Crippen LogP contribution in [-0.4, -0.2) is 12.6 Å². The number of furan rings is 1. The van der Waals surface area contributed by atoms with Gasteiger partial charge in [-0.3, -0.25) is 4.79 Å². The van der Waals surface area contributed by atoms with E-state index in [2.05, 4.69) is 6.07 Å². The summed E-state index contributed by atoms with van der Waals surface area (Å²) in [6.45, 7) is 1.27. The van der Waals surface area contributed by atoms with Crippen molar-refractivity contribution in [3.05, 3.63) is 59.6 Å². The van der Waals surface area contributed by atoms with Crippen molar-refractivity contribution in [1.82, 2.24) is 0 Å². The quantitative estimate of drug-likeness (QED) is 0.758. The van der Waals surface area contributed by atoms with Crippen LogP contribution in [0.1, 0.15) is 36.3 Å². The van der Waals surface area contributed by atoms with Crippen LogP contribution in [0.2, 0.25) is 0 Å². The molecule has 0 bridgehead atoms. The number of nitriles is 1. The van der Waals surface area contributed by atoms with Gasteiger partial charge in [0, 0.05) is 18.4 Å². The van der Waals surface area contributed by atoms with Gasteiger partial charge in [0.05, 0.1) is 31.1 Å². The van der Waals surface area contributed by atoms with Gasteiger partial charge in [-0.15, -0.1) is 0 Å². The Labute approximate surface area is 132 Å². The second-order valence-electron chi connectivity index (χ2n) is 5.06. The first kappa shape index (κ1) is 16.7. The second kappa shape index (κ2) is 7.54. The highest BCUT2D eigenvalue weighted by molar-refractivity contribution is 5.65. The summed E-state index contributed by atoms with van der Waals surface area (Å²) >= 11 is 0. The van der Waals surface area contributed by atoms with E-state index in [1.54, 1.807) is 6.07 Å². The van der Waals surface area contributed by atoms with Crippen molar-refractivity contribution in [2.24, 2.45) is 0 Å². The number of ether oxygens (including phenoxy) is 1. The van der Waals surface area contributed by atoms with Crippen molar-refractivity contribution in [3.63, 3.8) is 0 Å². The summed E-state index contributed by atoms with van der Waals surface area (Å²) in [6.07, 6.45) is 2.98. The third-order valence-corrected chi connectivity index (χ3v) is 3.54. The molecular weight excluding hydrogens is 304 g/mol. The Balaban J connectivity index is 2.36. The van der Waals surface area contributed by atoms with E-state index in [0.717, 1.165) is 18.2 Å². The number of carbonyl (C=O) groups is 1. The molecule has 0 saturated carbocycles. The van der Waals surface area contributed by atoms with Crippen molar-refractivity contribution in [2.75, 3.05) is 6.61 Å². The van der Waals surface area contributed by atoms with Crippen molar-refractivity contribution in [2.45, 2.75) is 25.2 Å². The summed E-state index contributed by atoms with van der Waals surface area (Å²) in [5.41, 5.74) is 0.633. The van der Waals surface area contributed by atoms with E-state index in [-0.39, 0.29) is 18.6 Å². The van der Waals surface area contributed by atoms with Crippen LogP contribution in [0.15, 0.2) is 41.2 Å². The van der Waals surface area contributed by atoms with E-state index in [9.17, 15) is 18.8 Å². The van der Waals surface area contributed by atoms with Crippen LogP contribution in [-0.2, 0) is 9.53 Å². The standard InChI is InChI=1S/C17H15F2NO3/c1-11(21)23-7-5-14(15-8-13(18)2-3-17(15)19)16(9-20)12-4-6-22-10-12/h2-4,6,8,10,14,16H,5,7H2,1H3/t14-,16-/m1/s1. The summed E-state index contributed by atoms with van der Waals surface area (Å²) in [5, 5.41) is 9.48. The number of hydrogen-bond acceptors (Lipinski definition) is 4. The first-order valence-electron chi connectivity index (χ1n) is 7.03. The lowest BCUT2D eigenvalue weighted by molar-refractivity contribution is -0.141. The highest BCUT2D eigenvalue weighted by Gasteiger charge is 2.28. The molecule has 2 aromatic rings. The number of halogens is 2. The molecule has 0 saturated heterocycles. The molecule has 6 heteroatoms. The molecule has 0 radical (unpaired) electrons. The van der Waals surface area contributed by atoms with Crippen molar-refractivity contribution in [1.29, 1.82) is 5.26 Å². The maximum absolute atomic E-state index is 14.1. The second-order valence-corrected chi connectivity index (χ2v) is 5.06. The SMILES string of the molecule is CC(=O)OCC[C@H](c1cc(F)ccc1F)[C@H](C#N)c1ccoc1. The van der Waals surface area contributed by atoms with Gasteiger partial charge in [-0.05, 0) is 36.2 Å². The number of carbonyl (C=O) groups excluding carboxylic acids is 1. The van der Waals surface area contributed by atoms with Gasteiger partial charge in [-0.2, -0.15) is 5.26 Å². The van der Waals surface area contributed by atoms with Crippen LogP contribution in [0.25, 0.3) is 0 Å². The van der Waals surface area contributed by atoms with Gasteiger partial charge in [-0.1, -0.05) is 0 Å². The van der Waals surface area contributed by atoms with E-state index in [1.165, 1.54) is 19.5 Å². The van der Waals surface area contributed by atoms with Gasteiger partial charge in [0.2, 0.25) is 0 Å². The fraction of sp³-hybridized carbons (Fsp3) is 0.294. The molecule has 2 atom stereocenters. The van der Waals surface area contributed by atoms with Crippen molar-refractivity contribution in [3.8, 4) is 6.07 Å². The molecule has 2 rings (SSSR count). The normalized spacial score (nSPS) is 13.1. The van der Waals surface area contributed by atoms with Crippen LogP contribution in [0.5, 0.6) is 0 Å². The lowest BCUT2D eigenvalue weighted by Gasteiger charge is -2.22. The molecule has 0 fully saturated rings. The summed E-state index contributed by atoms with van der Waals surface area (Å²) < 4.78 is 37.5. The molecule has 0 aliphatic rings. The first-order chi connectivity index (χ1) is 11.0. The highest BCUT2D eigenvalue weighted by atomic mass is 19.1. The maximum atomic E-state index is 14.1. The van der Waals surface area contributed by atoms with Crippen molar-refractivity contribution >= 4 is 5.97 Å². The minimum atomic E-state index is -0.749. The summed E-state index contributed by atoms with van der Waals surface area (Å²) in [7, 11) is 0. The smallest absolute Gasteiger partial charge is 0.302 e. The van der Waals surface area contributed by atoms with Crippen LogP contribution in [0.4, 0.5) is 8.78 Å². The minimum Gasteiger partial charge on any atom is -0.472 e. The monoisotopic (exact) mass is 319 g/mol. The van der Waals surface area contributed by atoms with Gasteiger partial charge in [-0.25, -0.2) is 8.78 Å². The minimum absolute atomic E-state index is 0.00594. The maximum Gasteiger partial charge on any atom is 0.302 e. The predicted octanol–water partition coefficient (Wildman–Crippen LogP) is 3.90. The molecule has 4 nitrogen and oxygen atoms in total. The van der Waals surface area contributed by atoms with Gasteiger partial charge in [0.25, 0.3) is 0 Å². The Morgan fingerprint density at radius 1 is 1.39 bits per heavy atom. The summed E-state index contributed by atoms with van der Waals surface area (Å²) in [4.78, 5) is 10.9. The third kappa shape index (κ3) is 4.16. The Bertz CT molecular complexity index is 707. The zero-order valence-corrected chi connectivity index (χ0v) is 12.5. The summed E-state index contributed by atoms with van der Waals surface area (Å²) in [6, 6.07) is 6.80. The Morgan fingerprint density at radius 2 is 2.17 bits per heavy atom. The molecule has 1 aromatic heterocycles. The molecule has 120 valence electrons. The van der Waals surface area contributed by atoms with Crippen LogP contribution >= 0.6 is 0 Å². The fourth-order valence-electron chi connectivity index (χ4n) is 2.48. The lowest BCUT2D eigenvalue weighted by Crippen LogP contribution is -2.15. The molecule has 0 amide bonds. The van der Waals surface area contributed by atoms with Gasteiger partial charge < -0.3 is 9.15 Å². The topological polar surface area (TPSA) is 63.2 Å². The summed E-state index contributed by atoms with van der Waals surface area (Å²) in [5.74, 6) is -3.10. The molecule has 0 N–H and O–H groups in total. The van der Waals surface area contributed by atoms with Crippen LogP contribution in [0.3, 0.4) is 0 Å². The van der Waals surface area contributed by atoms with Crippen LogP contribution < -0.4 is 0 Å². The number of benzene rings is 1. The zero-order chi connectivity index (χ0) is 16.8. The van der Waals surface area contributed by atoms with E-state index in [1.807, 2.05) is 0 Å². The average molecular weight is 319 g/mol. The first-order valence-corrected chi connectivity index (χ1v) is 7.03. The van der Waals surface area contributed by atoms with E-state index in [0.29, 0.717) is 5.56 Å². The molecule has 0 unspecified atom stereocenters. The lowest BCUT2D eigenvalue weighted by atomic mass is 9.81. The Morgan fingerprint density at radius 3 is 2.78 bits per heavy atom. The molecular formula is C17H15F2NO3. The molecule has 1 heterocycles. The largest absolute Gasteiger partial charge is 0.472 e. The zero-order valence-electron chi connectivity index (χ0n) is 12.5.